The lowest BCUT2D eigenvalue weighted by molar-refractivity contribution is 0.131. The van der Waals surface area contributed by atoms with E-state index in [-0.39, 0.29) is 28.9 Å². The highest BCUT2D eigenvalue weighted by atomic mass is 32.2. The SMILES string of the molecule is CS(=O)(=O)c1ccc(S(=O)(=O)NC2CCN(C(=O)O)CC2)cc1. The van der Waals surface area contributed by atoms with E-state index in [1.54, 1.807) is 0 Å². The second-order valence-electron chi connectivity index (χ2n) is 5.41. The van der Waals surface area contributed by atoms with E-state index >= 15 is 0 Å². The maximum atomic E-state index is 12.3. The molecule has 1 aliphatic rings. The van der Waals surface area contributed by atoms with E-state index in [1.165, 1.54) is 29.2 Å². The molecule has 0 unspecified atom stereocenters. The first-order valence-electron chi connectivity index (χ1n) is 6.90. The standard InChI is InChI=1S/C13H18N2O6S2/c1-22(18,19)11-2-4-12(5-3-11)23(20,21)14-10-6-8-15(9-7-10)13(16)17/h2-5,10,14H,6-9H2,1H3,(H,16,17). The topological polar surface area (TPSA) is 121 Å². The zero-order chi connectivity index (χ0) is 17.3. The minimum atomic E-state index is -3.77. The first-order chi connectivity index (χ1) is 10.6. The summed E-state index contributed by atoms with van der Waals surface area (Å²) in [7, 11) is -7.15. The Bertz CT molecular complexity index is 778. The molecular formula is C13H18N2O6S2. The third-order valence-corrected chi connectivity index (χ3v) is 6.31. The molecule has 23 heavy (non-hydrogen) atoms. The molecule has 1 fully saturated rings. The van der Waals surface area contributed by atoms with E-state index in [9.17, 15) is 21.6 Å². The molecule has 0 aliphatic carbocycles. The Labute approximate surface area is 135 Å². The highest BCUT2D eigenvalue weighted by Gasteiger charge is 2.26. The Kier molecular flexibility index (Phi) is 4.97. The van der Waals surface area contributed by atoms with E-state index in [4.69, 9.17) is 5.11 Å². The van der Waals surface area contributed by atoms with Crippen LogP contribution in [-0.2, 0) is 19.9 Å². The lowest BCUT2D eigenvalue weighted by Gasteiger charge is -2.30. The summed E-state index contributed by atoms with van der Waals surface area (Å²) in [6.07, 6.45) is 0.827. The molecule has 1 aromatic rings. The Hall–Kier alpha value is -1.65. The zero-order valence-electron chi connectivity index (χ0n) is 12.5. The molecule has 2 N–H and O–H groups in total. The van der Waals surface area contributed by atoms with Crippen LogP contribution in [0.5, 0.6) is 0 Å². The van der Waals surface area contributed by atoms with Crippen molar-refractivity contribution in [2.45, 2.75) is 28.7 Å². The smallest absolute Gasteiger partial charge is 0.407 e. The van der Waals surface area contributed by atoms with Crippen molar-refractivity contribution < 1.29 is 26.7 Å². The molecule has 0 radical (unpaired) electrons. The van der Waals surface area contributed by atoms with Crippen LogP contribution in [0.3, 0.4) is 0 Å². The van der Waals surface area contributed by atoms with Crippen LogP contribution >= 0.6 is 0 Å². The number of rotatable bonds is 4. The van der Waals surface area contributed by atoms with Gasteiger partial charge in [0.2, 0.25) is 10.0 Å². The van der Waals surface area contributed by atoms with E-state index < -0.39 is 26.0 Å². The maximum absolute atomic E-state index is 12.3. The second kappa shape index (κ2) is 6.46. The average Bonchev–Trinajstić information content (AvgIpc) is 2.46. The number of carboxylic acid groups (broad SMARTS) is 1. The number of nitrogens with one attached hydrogen (secondary N) is 1. The number of carbonyl (C=O) groups is 1. The number of benzene rings is 1. The number of amides is 1. The van der Waals surface area contributed by atoms with Crippen molar-refractivity contribution in [2.24, 2.45) is 0 Å². The molecule has 0 spiro atoms. The van der Waals surface area contributed by atoms with Crippen LogP contribution in [0.2, 0.25) is 0 Å². The largest absolute Gasteiger partial charge is 0.465 e. The zero-order valence-corrected chi connectivity index (χ0v) is 14.1. The molecule has 0 aromatic heterocycles. The lowest BCUT2D eigenvalue weighted by Crippen LogP contribution is -2.46. The van der Waals surface area contributed by atoms with Gasteiger partial charge in [-0.05, 0) is 37.1 Å². The van der Waals surface area contributed by atoms with Gasteiger partial charge in [-0.15, -0.1) is 0 Å². The summed E-state index contributed by atoms with van der Waals surface area (Å²) in [5.74, 6) is 0. The molecular weight excluding hydrogens is 344 g/mol. The Morgan fingerprint density at radius 3 is 2.00 bits per heavy atom. The summed E-state index contributed by atoms with van der Waals surface area (Å²) in [5, 5.41) is 8.86. The fourth-order valence-corrected chi connectivity index (χ4v) is 4.28. The normalized spacial score (nSPS) is 17.2. The number of hydrogen-bond acceptors (Lipinski definition) is 5. The number of likely N-dealkylation sites (tertiary alicyclic amines) is 1. The maximum Gasteiger partial charge on any atom is 0.407 e. The monoisotopic (exact) mass is 362 g/mol. The molecule has 10 heteroatoms. The van der Waals surface area contributed by atoms with Crippen LogP contribution in [-0.4, -0.2) is 58.3 Å². The van der Waals surface area contributed by atoms with Crippen molar-refractivity contribution >= 4 is 26.0 Å². The van der Waals surface area contributed by atoms with Crippen molar-refractivity contribution in [2.75, 3.05) is 19.3 Å². The van der Waals surface area contributed by atoms with E-state index in [0.29, 0.717) is 12.8 Å². The van der Waals surface area contributed by atoms with Gasteiger partial charge in [-0.3, -0.25) is 0 Å². The summed E-state index contributed by atoms with van der Waals surface area (Å²) < 4.78 is 49.9. The minimum Gasteiger partial charge on any atom is -0.465 e. The molecule has 2 rings (SSSR count). The van der Waals surface area contributed by atoms with Crippen LogP contribution in [0.25, 0.3) is 0 Å². The van der Waals surface area contributed by atoms with Gasteiger partial charge in [-0.25, -0.2) is 26.4 Å². The Balaban J connectivity index is 2.06. The number of piperidine rings is 1. The Morgan fingerprint density at radius 1 is 1.09 bits per heavy atom. The van der Waals surface area contributed by atoms with Gasteiger partial charge in [0, 0.05) is 25.4 Å². The number of hydrogen-bond donors (Lipinski definition) is 2. The third kappa shape index (κ3) is 4.43. The molecule has 128 valence electrons. The van der Waals surface area contributed by atoms with Crippen molar-refractivity contribution in [3.05, 3.63) is 24.3 Å². The summed E-state index contributed by atoms with van der Waals surface area (Å²) in [4.78, 5) is 12.1. The van der Waals surface area contributed by atoms with Crippen molar-refractivity contribution in [3.8, 4) is 0 Å². The number of sulfone groups is 1. The fourth-order valence-electron chi connectivity index (χ4n) is 2.34. The molecule has 0 atom stereocenters. The minimum absolute atomic E-state index is 0.0226. The summed E-state index contributed by atoms with van der Waals surface area (Å²) >= 11 is 0. The average molecular weight is 362 g/mol. The molecule has 1 heterocycles. The van der Waals surface area contributed by atoms with Crippen LogP contribution in [0.1, 0.15) is 12.8 Å². The quantitative estimate of drug-likeness (QED) is 0.805. The highest BCUT2D eigenvalue weighted by Crippen LogP contribution is 2.17. The van der Waals surface area contributed by atoms with Gasteiger partial charge in [0.15, 0.2) is 9.84 Å². The molecule has 1 aliphatic heterocycles. The van der Waals surface area contributed by atoms with E-state index in [0.717, 1.165) is 6.26 Å². The van der Waals surface area contributed by atoms with Crippen LogP contribution in [0, 0.1) is 0 Å². The number of nitrogens with zero attached hydrogens (tertiary/aromatic N) is 1. The first-order valence-corrected chi connectivity index (χ1v) is 10.3. The fraction of sp³-hybridized carbons (Fsp3) is 0.462. The molecule has 1 saturated heterocycles. The lowest BCUT2D eigenvalue weighted by atomic mass is 10.1. The van der Waals surface area contributed by atoms with Gasteiger partial charge in [0.05, 0.1) is 9.79 Å². The summed E-state index contributed by atoms with van der Waals surface area (Å²) in [5.41, 5.74) is 0. The van der Waals surface area contributed by atoms with Crippen LogP contribution < -0.4 is 4.72 Å². The number of sulfonamides is 1. The van der Waals surface area contributed by atoms with Crippen molar-refractivity contribution in [3.63, 3.8) is 0 Å². The van der Waals surface area contributed by atoms with Gasteiger partial charge in [0.1, 0.15) is 0 Å². The molecule has 1 aromatic carbocycles. The highest BCUT2D eigenvalue weighted by molar-refractivity contribution is 7.90. The van der Waals surface area contributed by atoms with Crippen molar-refractivity contribution in [1.29, 1.82) is 0 Å². The van der Waals surface area contributed by atoms with Crippen LogP contribution in [0.4, 0.5) is 4.79 Å². The van der Waals surface area contributed by atoms with Gasteiger partial charge >= 0.3 is 6.09 Å². The summed E-state index contributed by atoms with van der Waals surface area (Å²) in [6, 6.07) is 4.63. The van der Waals surface area contributed by atoms with Gasteiger partial charge < -0.3 is 10.0 Å². The van der Waals surface area contributed by atoms with Crippen LogP contribution in [0.15, 0.2) is 34.1 Å². The predicted octanol–water partition coefficient (Wildman–Crippen LogP) is 0.511. The third-order valence-electron chi connectivity index (χ3n) is 3.65. The molecule has 0 saturated carbocycles. The van der Waals surface area contributed by atoms with E-state index in [1.807, 2.05) is 0 Å². The predicted molar refractivity (Wildman–Crippen MR) is 82.5 cm³/mol. The van der Waals surface area contributed by atoms with Gasteiger partial charge in [-0.2, -0.15) is 0 Å². The molecule has 0 bridgehead atoms. The summed E-state index contributed by atoms with van der Waals surface area (Å²) in [6.45, 7) is 0.547. The first kappa shape index (κ1) is 17.7. The Morgan fingerprint density at radius 2 is 1.57 bits per heavy atom. The van der Waals surface area contributed by atoms with Gasteiger partial charge in [-0.1, -0.05) is 0 Å². The second-order valence-corrected chi connectivity index (χ2v) is 9.14. The molecule has 8 nitrogen and oxygen atoms in total. The van der Waals surface area contributed by atoms with Crippen molar-refractivity contribution in [1.82, 2.24) is 9.62 Å². The van der Waals surface area contributed by atoms with Gasteiger partial charge in [0.25, 0.3) is 0 Å². The van der Waals surface area contributed by atoms with E-state index in [2.05, 4.69) is 4.72 Å². The molecule has 1 amide bonds.